The standard InChI is InChI=1S/C20H30F3N2O8S3/c1-5-12-32-15-18(6-2)33-14-17(11-13-31-3)16-7-9-19(10-8-16)35(27,28)24-34(4,26)25-36(29,30)20(21,22)23/h5,7-10,17-18H,1,6,11-15H2,2-4H3/q-1. The quantitative estimate of drug-likeness (QED) is 0.213. The van der Waals surface area contributed by atoms with Crippen molar-refractivity contribution in [2.24, 2.45) is 3.77 Å². The highest BCUT2D eigenvalue weighted by Gasteiger charge is 2.40. The maximum Gasteiger partial charge on any atom is 0.480 e. The van der Waals surface area contributed by atoms with Crippen molar-refractivity contribution in [3.05, 3.63) is 46.6 Å². The third-order valence-electron chi connectivity index (χ3n) is 4.61. The average Bonchev–Trinajstić information content (AvgIpc) is 2.75. The summed E-state index contributed by atoms with van der Waals surface area (Å²) < 4.78 is 118. The van der Waals surface area contributed by atoms with E-state index in [2.05, 4.69) is 14.5 Å². The fourth-order valence-electron chi connectivity index (χ4n) is 2.80. The van der Waals surface area contributed by atoms with Gasteiger partial charge in [0.05, 0.1) is 30.8 Å². The van der Waals surface area contributed by atoms with Gasteiger partial charge >= 0.3 is 5.51 Å². The lowest BCUT2D eigenvalue weighted by Crippen LogP contribution is -2.24. The van der Waals surface area contributed by atoms with Gasteiger partial charge in [0, 0.05) is 25.9 Å². The van der Waals surface area contributed by atoms with E-state index >= 15 is 0 Å². The molecular weight excluding hydrogens is 549 g/mol. The van der Waals surface area contributed by atoms with Crippen LogP contribution in [0.25, 0.3) is 4.13 Å². The minimum absolute atomic E-state index is 0.178. The molecule has 1 aromatic rings. The van der Waals surface area contributed by atoms with Gasteiger partial charge in [0.15, 0.2) is 10.0 Å². The van der Waals surface area contributed by atoms with Crippen LogP contribution in [0.15, 0.2) is 45.6 Å². The molecule has 1 rings (SSSR count). The minimum Gasteiger partial charge on any atom is -0.445 e. The van der Waals surface area contributed by atoms with E-state index in [1.165, 1.54) is 19.2 Å². The van der Waals surface area contributed by atoms with Crippen molar-refractivity contribution in [3.8, 4) is 0 Å². The molecule has 0 amide bonds. The van der Waals surface area contributed by atoms with E-state index in [0.717, 1.165) is 12.1 Å². The van der Waals surface area contributed by atoms with Crippen molar-refractivity contribution < 1.29 is 48.4 Å². The van der Waals surface area contributed by atoms with E-state index < -0.39 is 40.4 Å². The number of sulfonamides is 2. The van der Waals surface area contributed by atoms with Crippen LogP contribution in [0, 0.1) is 0 Å². The number of methoxy groups -OCH3 is 1. The maximum absolute atomic E-state index is 12.5. The van der Waals surface area contributed by atoms with Gasteiger partial charge in [-0.05, 0) is 40.5 Å². The highest BCUT2D eigenvalue weighted by atomic mass is 32.3. The van der Waals surface area contributed by atoms with E-state index in [0.29, 0.717) is 44.5 Å². The van der Waals surface area contributed by atoms with Crippen LogP contribution in [0.1, 0.15) is 31.2 Å². The summed E-state index contributed by atoms with van der Waals surface area (Å²) in [5.74, 6) is -0.200. The Morgan fingerprint density at radius 1 is 1.11 bits per heavy atom. The zero-order valence-electron chi connectivity index (χ0n) is 20.0. The second kappa shape index (κ2) is 13.8. The van der Waals surface area contributed by atoms with Crippen molar-refractivity contribution in [1.82, 2.24) is 0 Å². The summed E-state index contributed by atoms with van der Waals surface area (Å²) in [6.07, 6.45) is 3.05. The lowest BCUT2D eigenvalue weighted by Gasteiger charge is -2.23. The molecule has 0 saturated carbocycles. The zero-order valence-corrected chi connectivity index (χ0v) is 22.5. The molecule has 36 heavy (non-hydrogen) atoms. The SMILES string of the molecule is C=CCOCC(CC)OCC(CCOC)c1ccc(S(=O)(=O)N=S(C)(=O)[N-]S(=O)(=O)C(F)(F)F)cc1. The second-order valence-corrected chi connectivity index (χ2v) is 13.1. The Morgan fingerprint density at radius 2 is 1.72 bits per heavy atom. The molecule has 0 heterocycles. The van der Waals surface area contributed by atoms with E-state index in [4.69, 9.17) is 14.2 Å². The van der Waals surface area contributed by atoms with Crippen LogP contribution in [-0.4, -0.2) is 72.4 Å². The van der Waals surface area contributed by atoms with Gasteiger partial charge in [-0.15, -0.1) is 10.3 Å². The lowest BCUT2D eigenvalue weighted by molar-refractivity contribution is -0.0424. The van der Waals surface area contributed by atoms with Gasteiger partial charge in [-0.3, -0.25) is 4.21 Å². The topological polar surface area (TPSA) is 139 Å². The monoisotopic (exact) mass is 579 g/mol. The molecule has 0 aliphatic rings. The summed E-state index contributed by atoms with van der Waals surface area (Å²) in [6, 6.07) is 5.13. The number of halogens is 3. The fourth-order valence-corrected chi connectivity index (χ4v) is 7.23. The number of benzene rings is 1. The summed E-state index contributed by atoms with van der Waals surface area (Å²) in [6.45, 7) is 6.92. The number of alkyl halides is 3. The first kappa shape index (κ1) is 32.5. The molecule has 0 fully saturated rings. The van der Waals surface area contributed by atoms with Crippen LogP contribution >= 0.6 is 0 Å². The summed E-state index contributed by atoms with van der Waals surface area (Å²) in [7, 11) is -14.1. The molecule has 208 valence electrons. The van der Waals surface area contributed by atoms with Crippen molar-refractivity contribution in [2.45, 2.75) is 42.2 Å². The van der Waals surface area contributed by atoms with Gasteiger partial charge < -0.3 is 18.3 Å². The van der Waals surface area contributed by atoms with Crippen molar-refractivity contribution in [2.75, 3.05) is 39.8 Å². The molecule has 10 nitrogen and oxygen atoms in total. The molecule has 0 aliphatic heterocycles. The fraction of sp³-hybridized carbons (Fsp3) is 0.600. The summed E-state index contributed by atoms with van der Waals surface area (Å²) >= 11 is 0. The Labute approximate surface area is 210 Å². The van der Waals surface area contributed by atoms with Gasteiger partial charge in [0.1, 0.15) is 0 Å². The van der Waals surface area contributed by atoms with Gasteiger partial charge in [0.2, 0.25) is 0 Å². The predicted molar refractivity (Wildman–Crippen MR) is 129 cm³/mol. The molecule has 0 aliphatic carbocycles. The average molecular weight is 580 g/mol. The Kier molecular flexibility index (Phi) is 12.5. The molecule has 3 atom stereocenters. The van der Waals surface area contributed by atoms with Crippen LogP contribution in [0.3, 0.4) is 0 Å². The Hall–Kier alpha value is -1.56. The normalized spacial score (nSPS) is 16.2. The molecule has 0 aromatic heterocycles. The molecular formula is C20H30F3N2O8S3-. The highest BCUT2D eigenvalue weighted by molar-refractivity contribution is 8.15. The smallest absolute Gasteiger partial charge is 0.445 e. The van der Waals surface area contributed by atoms with Gasteiger partial charge in [0.25, 0.3) is 10.0 Å². The van der Waals surface area contributed by atoms with Crippen molar-refractivity contribution in [3.63, 3.8) is 0 Å². The molecule has 1 aromatic carbocycles. The molecule has 0 N–H and O–H groups in total. The third-order valence-corrected chi connectivity index (χ3v) is 9.85. The third kappa shape index (κ3) is 10.4. The van der Waals surface area contributed by atoms with Crippen LogP contribution in [0.4, 0.5) is 13.2 Å². The Balaban J connectivity index is 3.11. The second-order valence-electron chi connectivity index (χ2n) is 7.54. The van der Waals surface area contributed by atoms with Crippen LogP contribution in [-0.2, 0) is 44.2 Å². The number of ether oxygens (including phenoxy) is 3. The molecule has 0 saturated heterocycles. The molecule has 3 unspecified atom stereocenters. The summed E-state index contributed by atoms with van der Waals surface area (Å²) in [5, 5.41) is 0. The minimum atomic E-state index is -6.21. The number of nitrogens with zero attached hydrogens (tertiary/aromatic N) is 2. The zero-order chi connectivity index (χ0) is 27.6. The Morgan fingerprint density at radius 3 is 2.22 bits per heavy atom. The van der Waals surface area contributed by atoms with E-state index in [9.17, 15) is 34.2 Å². The summed E-state index contributed by atoms with van der Waals surface area (Å²) in [5.41, 5.74) is -5.17. The molecule has 0 spiro atoms. The number of hydrogen-bond donors (Lipinski definition) is 0. The molecule has 16 heteroatoms. The van der Waals surface area contributed by atoms with E-state index in [-0.39, 0.29) is 18.6 Å². The first-order chi connectivity index (χ1) is 16.6. The predicted octanol–water partition coefficient (Wildman–Crippen LogP) is 3.73. The van der Waals surface area contributed by atoms with Crippen LogP contribution in [0.2, 0.25) is 0 Å². The summed E-state index contributed by atoms with van der Waals surface area (Å²) in [4.78, 5) is -0.504. The van der Waals surface area contributed by atoms with Crippen molar-refractivity contribution >= 4 is 30.0 Å². The number of rotatable bonds is 16. The van der Waals surface area contributed by atoms with Gasteiger partial charge in [-0.1, -0.05) is 25.1 Å². The first-order valence-electron chi connectivity index (χ1n) is 10.5. The first-order valence-corrected chi connectivity index (χ1v) is 15.3. The van der Waals surface area contributed by atoms with Crippen LogP contribution in [0.5, 0.6) is 0 Å². The number of hydrogen-bond acceptors (Lipinski definition) is 8. The largest absolute Gasteiger partial charge is 0.480 e. The Bertz CT molecular complexity index is 1180. The maximum atomic E-state index is 12.5. The molecule has 0 bridgehead atoms. The molecule has 0 radical (unpaired) electrons. The van der Waals surface area contributed by atoms with Gasteiger partial charge in [-0.2, -0.15) is 21.6 Å². The van der Waals surface area contributed by atoms with Gasteiger partial charge in [-0.25, -0.2) is 8.42 Å². The van der Waals surface area contributed by atoms with E-state index in [1.807, 2.05) is 6.92 Å². The van der Waals surface area contributed by atoms with Crippen molar-refractivity contribution in [1.29, 1.82) is 0 Å². The van der Waals surface area contributed by atoms with Crippen LogP contribution < -0.4 is 0 Å². The lowest BCUT2D eigenvalue weighted by atomic mass is 9.97. The van der Waals surface area contributed by atoms with E-state index in [1.54, 1.807) is 6.08 Å². The highest BCUT2D eigenvalue weighted by Crippen LogP contribution is 2.31.